The largest absolute Gasteiger partial charge is 0.385 e. The summed E-state index contributed by atoms with van der Waals surface area (Å²) in [5.41, 5.74) is 1.40. The van der Waals surface area contributed by atoms with Crippen LogP contribution in [0.4, 0.5) is 4.39 Å². The van der Waals surface area contributed by atoms with E-state index < -0.39 is 0 Å². The molecule has 0 fully saturated rings. The van der Waals surface area contributed by atoms with Crippen LogP contribution < -0.4 is 5.32 Å². The maximum absolute atomic E-state index is 13.3. The molecule has 0 radical (unpaired) electrons. The maximum atomic E-state index is 13.3. The molecule has 2 aromatic carbocycles. The molecular weight excluding hydrogens is 415 g/mol. The summed E-state index contributed by atoms with van der Waals surface area (Å²) in [7, 11) is 1.61. The van der Waals surface area contributed by atoms with Crippen molar-refractivity contribution in [1.82, 2.24) is 20.1 Å². The lowest BCUT2D eigenvalue weighted by Gasteiger charge is -2.06. The first-order valence-electron chi connectivity index (χ1n) is 8.34. The van der Waals surface area contributed by atoms with E-state index in [-0.39, 0.29) is 17.5 Å². The Morgan fingerprint density at radius 1 is 1.19 bits per heavy atom. The zero-order valence-electron chi connectivity index (χ0n) is 14.7. The minimum absolute atomic E-state index is 0.0506. The Kier molecular flexibility index (Phi) is 6.31. The second kappa shape index (κ2) is 8.88. The first kappa shape index (κ1) is 19.2. The number of carbonyl (C=O) groups is 1. The number of carbonyl (C=O) groups excluding carboxylic acids is 1. The molecule has 1 N–H and O–H groups in total. The number of methoxy groups -OCH3 is 1. The van der Waals surface area contributed by atoms with Gasteiger partial charge in [0.25, 0.3) is 5.91 Å². The predicted octanol–water partition coefficient (Wildman–Crippen LogP) is 3.60. The highest BCUT2D eigenvalue weighted by Gasteiger charge is 2.18. The SMILES string of the molecule is COCCCNC(=O)c1nc(-c2ccc(F)cc2)n(-c2ccc(Br)cc2)n1. The molecule has 0 aliphatic carbocycles. The summed E-state index contributed by atoms with van der Waals surface area (Å²) >= 11 is 3.40. The van der Waals surface area contributed by atoms with Gasteiger partial charge in [-0.2, -0.15) is 0 Å². The van der Waals surface area contributed by atoms with Crippen molar-refractivity contribution < 1.29 is 13.9 Å². The average Bonchev–Trinajstić information content (AvgIpc) is 3.12. The summed E-state index contributed by atoms with van der Waals surface area (Å²) in [5, 5.41) is 7.13. The Morgan fingerprint density at radius 2 is 1.89 bits per heavy atom. The van der Waals surface area contributed by atoms with E-state index in [0.29, 0.717) is 31.0 Å². The van der Waals surface area contributed by atoms with Crippen LogP contribution in [0.5, 0.6) is 0 Å². The van der Waals surface area contributed by atoms with E-state index >= 15 is 0 Å². The highest BCUT2D eigenvalue weighted by atomic mass is 79.9. The van der Waals surface area contributed by atoms with Crippen LogP contribution in [-0.4, -0.2) is 40.9 Å². The van der Waals surface area contributed by atoms with Crippen molar-refractivity contribution in [3.8, 4) is 17.1 Å². The molecule has 1 aromatic heterocycles. The molecule has 0 saturated heterocycles. The van der Waals surface area contributed by atoms with Crippen molar-refractivity contribution in [1.29, 1.82) is 0 Å². The molecule has 140 valence electrons. The van der Waals surface area contributed by atoms with E-state index in [2.05, 4.69) is 31.3 Å². The van der Waals surface area contributed by atoms with Crippen molar-refractivity contribution in [2.45, 2.75) is 6.42 Å². The summed E-state index contributed by atoms with van der Waals surface area (Å²) in [5.74, 6) is -0.205. The van der Waals surface area contributed by atoms with Gasteiger partial charge in [-0.05, 0) is 55.0 Å². The molecule has 0 spiro atoms. The van der Waals surface area contributed by atoms with E-state index in [0.717, 1.165) is 10.2 Å². The molecule has 0 atom stereocenters. The molecule has 0 aliphatic heterocycles. The number of halogens is 2. The van der Waals surface area contributed by atoms with E-state index in [4.69, 9.17) is 4.74 Å². The van der Waals surface area contributed by atoms with E-state index in [9.17, 15) is 9.18 Å². The molecule has 0 aliphatic rings. The van der Waals surface area contributed by atoms with Crippen LogP contribution in [-0.2, 0) is 4.74 Å². The van der Waals surface area contributed by atoms with Gasteiger partial charge in [-0.25, -0.2) is 14.1 Å². The Morgan fingerprint density at radius 3 is 2.56 bits per heavy atom. The van der Waals surface area contributed by atoms with Crippen LogP contribution in [0.1, 0.15) is 17.0 Å². The molecule has 3 rings (SSSR count). The van der Waals surface area contributed by atoms with Gasteiger partial charge < -0.3 is 10.1 Å². The van der Waals surface area contributed by atoms with Gasteiger partial charge in [0.2, 0.25) is 5.82 Å². The maximum Gasteiger partial charge on any atom is 0.290 e. The molecule has 8 heteroatoms. The number of aromatic nitrogens is 3. The van der Waals surface area contributed by atoms with Gasteiger partial charge in [-0.15, -0.1) is 5.10 Å². The zero-order valence-corrected chi connectivity index (χ0v) is 16.2. The molecule has 1 heterocycles. The third kappa shape index (κ3) is 4.78. The normalized spacial score (nSPS) is 10.8. The lowest BCUT2D eigenvalue weighted by Crippen LogP contribution is -2.26. The lowest BCUT2D eigenvalue weighted by molar-refractivity contribution is 0.0938. The number of nitrogens with zero attached hydrogens (tertiary/aromatic N) is 3. The number of hydrogen-bond donors (Lipinski definition) is 1. The lowest BCUT2D eigenvalue weighted by atomic mass is 10.2. The second-order valence-corrected chi connectivity index (χ2v) is 6.67. The van der Waals surface area contributed by atoms with Gasteiger partial charge in [0.1, 0.15) is 5.82 Å². The first-order chi connectivity index (χ1) is 13.1. The average molecular weight is 433 g/mol. The Bertz CT molecular complexity index is 847. The van der Waals surface area contributed by atoms with Gasteiger partial charge in [-0.3, -0.25) is 4.79 Å². The van der Waals surface area contributed by atoms with E-state index in [1.54, 1.807) is 23.9 Å². The molecule has 0 saturated carbocycles. The number of ether oxygens (including phenoxy) is 1. The number of amides is 1. The number of benzene rings is 2. The zero-order chi connectivity index (χ0) is 19.2. The van der Waals surface area contributed by atoms with Crippen molar-refractivity contribution in [3.05, 3.63) is 64.6 Å². The summed E-state index contributed by atoms with van der Waals surface area (Å²) < 4.78 is 20.7. The van der Waals surface area contributed by atoms with E-state index in [1.807, 2.05) is 24.3 Å². The Hall–Kier alpha value is -2.58. The Balaban J connectivity index is 1.94. The number of hydrogen-bond acceptors (Lipinski definition) is 4. The fourth-order valence-electron chi connectivity index (χ4n) is 2.45. The summed E-state index contributed by atoms with van der Waals surface area (Å²) in [6.45, 7) is 1.02. The molecule has 1 amide bonds. The van der Waals surface area contributed by atoms with Crippen LogP contribution in [0.15, 0.2) is 53.0 Å². The van der Waals surface area contributed by atoms with Crippen molar-refractivity contribution in [2.75, 3.05) is 20.3 Å². The number of rotatable bonds is 7. The smallest absolute Gasteiger partial charge is 0.290 e. The third-order valence-corrected chi connectivity index (χ3v) is 4.32. The van der Waals surface area contributed by atoms with Crippen molar-refractivity contribution in [3.63, 3.8) is 0 Å². The van der Waals surface area contributed by atoms with Crippen molar-refractivity contribution in [2.24, 2.45) is 0 Å². The number of nitrogens with one attached hydrogen (secondary N) is 1. The van der Waals surface area contributed by atoms with Gasteiger partial charge in [0, 0.05) is 30.3 Å². The highest BCUT2D eigenvalue weighted by Crippen LogP contribution is 2.23. The summed E-state index contributed by atoms with van der Waals surface area (Å²) in [6.07, 6.45) is 0.695. The van der Waals surface area contributed by atoms with Crippen LogP contribution in [0.2, 0.25) is 0 Å². The second-order valence-electron chi connectivity index (χ2n) is 5.76. The van der Waals surface area contributed by atoms with Crippen LogP contribution in [0.25, 0.3) is 17.1 Å². The minimum Gasteiger partial charge on any atom is -0.385 e. The monoisotopic (exact) mass is 432 g/mol. The first-order valence-corrected chi connectivity index (χ1v) is 9.14. The summed E-state index contributed by atoms with van der Waals surface area (Å²) in [4.78, 5) is 16.8. The van der Waals surface area contributed by atoms with Crippen LogP contribution >= 0.6 is 15.9 Å². The quantitative estimate of drug-likeness (QED) is 0.579. The van der Waals surface area contributed by atoms with Crippen LogP contribution in [0.3, 0.4) is 0 Å². The molecule has 3 aromatic rings. The van der Waals surface area contributed by atoms with Gasteiger partial charge >= 0.3 is 0 Å². The molecule has 27 heavy (non-hydrogen) atoms. The molecule has 6 nitrogen and oxygen atoms in total. The molecular formula is C19H18BrFN4O2. The van der Waals surface area contributed by atoms with Gasteiger partial charge in [-0.1, -0.05) is 15.9 Å². The van der Waals surface area contributed by atoms with Gasteiger partial charge in [0.05, 0.1) is 5.69 Å². The Labute approximate surface area is 164 Å². The fourth-order valence-corrected chi connectivity index (χ4v) is 2.72. The molecule has 0 bridgehead atoms. The standard InChI is InChI=1S/C19H18BrFN4O2/c1-27-12-2-11-22-19(26)17-23-18(13-3-7-15(21)8-4-13)25(24-17)16-9-5-14(20)6-10-16/h3-10H,2,11-12H2,1H3,(H,22,26). The van der Waals surface area contributed by atoms with E-state index in [1.165, 1.54) is 12.1 Å². The molecule has 0 unspecified atom stereocenters. The predicted molar refractivity (Wildman–Crippen MR) is 103 cm³/mol. The van der Waals surface area contributed by atoms with Gasteiger partial charge in [0.15, 0.2) is 5.82 Å². The topological polar surface area (TPSA) is 69.0 Å². The minimum atomic E-state index is -0.370. The van der Waals surface area contributed by atoms with Crippen LogP contribution in [0, 0.1) is 5.82 Å². The highest BCUT2D eigenvalue weighted by molar-refractivity contribution is 9.10. The third-order valence-electron chi connectivity index (χ3n) is 3.79. The summed E-state index contributed by atoms with van der Waals surface area (Å²) in [6, 6.07) is 13.4. The fraction of sp³-hybridized carbons (Fsp3) is 0.211. The van der Waals surface area contributed by atoms with Crippen molar-refractivity contribution >= 4 is 21.8 Å².